The fourth-order valence-corrected chi connectivity index (χ4v) is 2.48. The lowest BCUT2D eigenvalue weighted by atomic mass is 10.2. The normalized spacial score (nSPS) is 10.7. The molecule has 0 atom stereocenters. The number of hydrogen-bond acceptors (Lipinski definition) is 5. The van der Waals surface area contributed by atoms with Crippen LogP contribution < -0.4 is 10.9 Å². The molecular formula is C14H10N2O3S. The van der Waals surface area contributed by atoms with E-state index in [9.17, 15) is 9.59 Å². The number of benzene rings is 1. The molecule has 0 aliphatic carbocycles. The lowest BCUT2D eigenvalue weighted by Gasteiger charge is -2.02. The summed E-state index contributed by atoms with van der Waals surface area (Å²) in [6.07, 6.45) is 0. The molecular weight excluding hydrogens is 276 g/mol. The van der Waals surface area contributed by atoms with E-state index in [1.165, 1.54) is 17.6 Å². The Labute approximate surface area is 118 Å². The number of para-hydroxylation sites is 1. The maximum Gasteiger partial charge on any atom is 0.349 e. The maximum atomic E-state index is 12.1. The van der Waals surface area contributed by atoms with Gasteiger partial charge in [-0.15, -0.1) is 0 Å². The Morgan fingerprint density at radius 3 is 2.85 bits per heavy atom. The number of amides is 1. The Morgan fingerprint density at radius 1 is 1.30 bits per heavy atom. The summed E-state index contributed by atoms with van der Waals surface area (Å²) < 4.78 is 9.19. The second kappa shape index (κ2) is 4.90. The van der Waals surface area contributed by atoms with Crippen LogP contribution in [0, 0.1) is 6.92 Å². The molecule has 1 aromatic carbocycles. The number of carbonyl (C=O) groups is 1. The highest BCUT2D eigenvalue weighted by atomic mass is 32.1. The van der Waals surface area contributed by atoms with Crippen LogP contribution in [-0.2, 0) is 0 Å². The average molecular weight is 286 g/mol. The van der Waals surface area contributed by atoms with Gasteiger partial charge in [0.2, 0.25) is 0 Å². The number of nitrogens with one attached hydrogen (secondary N) is 1. The number of nitrogens with zero attached hydrogens (tertiary/aromatic N) is 1. The third-order valence-electron chi connectivity index (χ3n) is 2.75. The molecule has 0 unspecified atom stereocenters. The van der Waals surface area contributed by atoms with Crippen LogP contribution in [0.4, 0.5) is 5.00 Å². The third-order valence-corrected chi connectivity index (χ3v) is 3.55. The van der Waals surface area contributed by atoms with Gasteiger partial charge in [-0.2, -0.15) is 4.37 Å². The van der Waals surface area contributed by atoms with Crippen LogP contribution in [0.25, 0.3) is 11.0 Å². The van der Waals surface area contributed by atoms with Crippen LogP contribution in [0.2, 0.25) is 0 Å². The van der Waals surface area contributed by atoms with E-state index < -0.39 is 11.5 Å². The smallest absolute Gasteiger partial charge is 0.349 e. The molecule has 1 N–H and O–H groups in total. The molecule has 3 rings (SSSR count). The zero-order valence-corrected chi connectivity index (χ0v) is 11.4. The monoisotopic (exact) mass is 286 g/mol. The van der Waals surface area contributed by atoms with Crippen LogP contribution in [0.5, 0.6) is 0 Å². The molecule has 3 aromatic rings. The number of aryl methyl sites for hydroxylation is 1. The van der Waals surface area contributed by atoms with Crippen molar-refractivity contribution in [1.82, 2.24) is 4.37 Å². The SMILES string of the molecule is Cc1cc(NC(=O)c2cc3ccccc3oc2=O)sn1. The van der Waals surface area contributed by atoms with Crippen molar-refractivity contribution in [2.75, 3.05) is 5.32 Å². The summed E-state index contributed by atoms with van der Waals surface area (Å²) in [5.74, 6) is -0.492. The Hall–Kier alpha value is -2.47. The van der Waals surface area contributed by atoms with Crippen molar-refractivity contribution >= 4 is 33.4 Å². The topological polar surface area (TPSA) is 72.2 Å². The van der Waals surface area contributed by atoms with Gasteiger partial charge in [0, 0.05) is 5.39 Å². The molecule has 2 aromatic heterocycles. The van der Waals surface area contributed by atoms with E-state index in [1.54, 1.807) is 24.3 Å². The molecule has 1 amide bonds. The van der Waals surface area contributed by atoms with Gasteiger partial charge in [0.1, 0.15) is 16.1 Å². The van der Waals surface area contributed by atoms with Crippen molar-refractivity contribution in [2.24, 2.45) is 0 Å². The molecule has 20 heavy (non-hydrogen) atoms. The summed E-state index contributed by atoms with van der Waals surface area (Å²) in [4.78, 5) is 23.9. The van der Waals surface area contributed by atoms with Crippen molar-refractivity contribution in [3.63, 3.8) is 0 Å². The van der Waals surface area contributed by atoms with Gasteiger partial charge in [0.15, 0.2) is 0 Å². The van der Waals surface area contributed by atoms with E-state index in [2.05, 4.69) is 9.69 Å². The summed E-state index contributed by atoms with van der Waals surface area (Å²) >= 11 is 1.17. The quantitative estimate of drug-likeness (QED) is 0.735. The van der Waals surface area contributed by atoms with E-state index in [0.717, 1.165) is 5.69 Å². The molecule has 0 bridgehead atoms. The van der Waals surface area contributed by atoms with Crippen molar-refractivity contribution in [3.05, 3.63) is 58.1 Å². The largest absolute Gasteiger partial charge is 0.422 e. The Bertz CT molecular complexity index is 851. The molecule has 0 saturated heterocycles. The highest BCUT2D eigenvalue weighted by Gasteiger charge is 2.14. The molecule has 0 spiro atoms. The van der Waals surface area contributed by atoms with Crippen molar-refractivity contribution in [3.8, 4) is 0 Å². The standard InChI is InChI=1S/C14H10N2O3S/c1-8-6-12(20-16-8)15-13(17)10-7-9-4-2-3-5-11(9)19-14(10)18/h2-7H,1H3,(H,15,17). The molecule has 0 fully saturated rings. The molecule has 2 heterocycles. The summed E-state index contributed by atoms with van der Waals surface area (Å²) in [5.41, 5.74) is 0.607. The van der Waals surface area contributed by atoms with E-state index in [1.807, 2.05) is 13.0 Å². The van der Waals surface area contributed by atoms with Crippen LogP contribution >= 0.6 is 11.5 Å². The molecule has 0 radical (unpaired) electrons. The first-order valence-corrected chi connectivity index (χ1v) is 6.68. The lowest BCUT2D eigenvalue weighted by molar-refractivity contribution is 0.102. The van der Waals surface area contributed by atoms with Gasteiger partial charge in [-0.3, -0.25) is 4.79 Å². The number of anilines is 1. The molecule has 100 valence electrons. The van der Waals surface area contributed by atoms with Crippen molar-refractivity contribution < 1.29 is 9.21 Å². The van der Waals surface area contributed by atoms with Gasteiger partial charge in [-0.1, -0.05) is 18.2 Å². The van der Waals surface area contributed by atoms with Crippen LogP contribution in [0.3, 0.4) is 0 Å². The molecule has 0 aliphatic heterocycles. The highest BCUT2D eigenvalue weighted by Crippen LogP contribution is 2.17. The summed E-state index contributed by atoms with van der Waals surface area (Å²) in [6, 6.07) is 10.3. The minimum Gasteiger partial charge on any atom is -0.422 e. The van der Waals surface area contributed by atoms with E-state index >= 15 is 0 Å². The minimum atomic E-state index is -0.651. The number of carbonyl (C=O) groups excluding carboxylic acids is 1. The molecule has 0 aliphatic rings. The van der Waals surface area contributed by atoms with E-state index in [4.69, 9.17) is 4.42 Å². The fourth-order valence-electron chi connectivity index (χ4n) is 1.82. The van der Waals surface area contributed by atoms with Crippen molar-refractivity contribution in [1.29, 1.82) is 0 Å². The zero-order chi connectivity index (χ0) is 14.1. The first-order chi connectivity index (χ1) is 9.63. The predicted octanol–water partition coefficient (Wildman–Crippen LogP) is 2.81. The van der Waals surface area contributed by atoms with Crippen molar-refractivity contribution in [2.45, 2.75) is 6.92 Å². The van der Waals surface area contributed by atoms with Crippen LogP contribution in [-0.4, -0.2) is 10.3 Å². The van der Waals surface area contributed by atoms with Gasteiger partial charge in [-0.05, 0) is 36.7 Å². The molecule has 0 saturated carbocycles. The second-order valence-electron chi connectivity index (χ2n) is 4.27. The Balaban J connectivity index is 1.98. The summed E-state index contributed by atoms with van der Waals surface area (Å²) in [5, 5.41) is 3.95. The Kier molecular flexibility index (Phi) is 3.08. The first-order valence-electron chi connectivity index (χ1n) is 5.91. The predicted molar refractivity (Wildman–Crippen MR) is 77.3 cm³/mol. The second-order valence-corrected chi connectivity index (χ2v) is 5.08. The van der Waals surface area contributed by atoms with Crippen LogP contribution in [0.15, 0.2) is 45.6 Å². The van der Waals surface area contributed by atoms with Gasteiger partial charge in [-0.25, -0.2) is 4.79 Å². The highest BCUT2D eigenvalue weighted by molar-refractivity contribution is 7.10. The van der Waals surface area contributed by atoms with E-state index in [-0.39, 0.29) is 5.56 Å². The maximum absolute atomic E-state index is 12.1. The fraction of sp³-hybridized carbons (Fsp3) is 0.0714. The molecule has 6 heteroatoms. The van der Waals surface area contributed by atoms with Gasteiger partial charge < -0.3 is 9.73 Å². The van der Waals surface area contributed by atoms with Gasteiger partial charge in [0.05, 0.1) is 5.69 Å². The average Bonchev–Trinajstić information content (AvgIpc) is 2.83. The third kappa shape index (κ3) is 2.33. The molecule has 5 nitrogen and oxygen atoms in total. The van der Waals surface area contributed by atoms with Gasteiger partial charge >= 0.3 is 5.63 Å². The number of fused-ring (bicyclic) bond motifs is 1. The minimum absolute atomic E-state index is 0.0187. The summed E-state index contributed by atoms with van der Waals surface area (Å²) in [7, 11) is 0. The number of rotatable bonds is 2. The number of hydrogen-bond donors (Lipinski definition) is 1. The van der Waals surface area contributed by atoms with Crippen LogP contribution in [0.1, 0.15) is 16.1 Å². The summed E-state index contributed by atoms with van der Waals surface area (Å²) in [6.45, 7) is 1.83. The Morgan fingerprint density at radius 2 is 2.10 bits per heavy atom. The first kappa shape index (κ1) is 12.6. The van der Waals surface area contributed by atoms with Gasteiger partial charge in [0.25, 0.3) is 5.91 Å². The number of aromatic nitrogens is 1. The lowest BCUT2D eigenvalue weighted by Crippen LogP contribution is -2.20. The zero-order valence-electron chi connectivity index (χ0n) is 10.5. The van der Waals surface area contributed by atoms with E-state index in [0.29, 0.717) is 16.0 Å².